The monoisotopic (exact) mass is 392 g/mol. The summed E-state index contributed by atoms with van der Waals surface area (Å²) in [6.07, 6.45) is 1.53. The lowest BCUT2D eigenvalue weighted by Gasteiger charge is -2.20. The van der Waals surface area contributed by atoms with Crippen LogP contribution in [-0.2, 0) is 22.6 Å². The summed E-state index contributed by atoms with van der Waals surface area (Å²) in [4.78, 5) is 17.4. The first kappa shape index (κ1) is 18.4. The Balaban J connectivity index is 1.58. The highest BCUT2D eigenvalue weighted by molar-refractivity contribution is 5.92. The molecule has 0 aliphatic carbocycles. The lowest BCUT2D eigenvalue weighted by molar-refractivity contribution is 0.0780. The number of carbonyl (C=O) groups excluding carboxylic acids is 1. The van der Waals surface area contributed by atoms with Crippen molar-refractivity contribution in [2.45, 2.75) is 13.1 Å². The summed E-state index contributed by atoms with van der Waals surface area (Å²) in [6.45, 7) is 1.03. The van der Waals surface area contributed by atoms with Crippen LogP contribution in [0.25, 0.3) is 0 Å². The third kappa shape index (κ3) is 4.13. The molecule has 9 nitrogen and oxygen atoms in total. The van der Waals surface area contributed by atoms with Crippen molar-refractivity contribution in [3.05, 3.63) is 83.4 Å². The molecule has 1 aliphatic rings. The van der Waals surface area contributed by atoms with E-state index in [1.54, 1.807) is 33.8 Å². The van der Waals surface area contributed by atoms with Crippen molar-refractivity contribution >= 4 is 17.8 Å². The molecule has 0 fully saturated rings. The lowest BCUT2D eigenvalue weighted by atomic mass is 10.1. The summed E-state index contributed by atoms with van der Waals surface area (Å²) in [7, 11) is 0. The van der Waals surface area contributed by atoms with Crippen LogP contribution >= 0.6 is 0 Å². The van der Waals surface area contributed by atoms with Gasteiger partial charge in [0.15, 0.2) is 0 Å². The molecule has 2 aromatic carbocycles. The molecule has 1 aromatic heterocycles. The van der Waals surface area contributed by atoms with Gasteiger partial charge in [0.05, 0.1) is 13.1 Å². The summed E-state index contributed by atoms with van der Waals surface area (Å²) in [6, 6.07) is 16.8. The van der Waals surface area contributed by atoms with Gasteiger partial charge in [-0.3, -0.25) is 9.69 Å². The van der Waals surface area contributed by atoms with E-state index in [0.29, 0.717) is 30.5 Å². The van der Waals surface area contributed by atoms with Crippen LogP contribution in [0.1, 0.15) is 21.5 Å². The van der Waals surface area contributed by atoms with Gasteiger partial charge in [-0.15, -0.1) is 5.10 Å². The van der Waals surface area contributed by atoms with E-state index in [1.807, 2.05) is 30.3 Å². The van der Waals surface area contributed by atoms with Crippen LogP contribution < -0.4 is 16.4 Å². The molecule has 0 atom stereocenters. The summed E-state index contributed by atoms with van der Waals surface area (Å²) in [5.74, 6) is 0.702. The van der Waals surface area contributed by atoms with Crippen molar-refractivity contribution in [1.82, 2.24) is 14.8 Å². The Bertz CT molecular complexity index is 1030. The highest BCUT2D eigenvalue weighted by Gasteiger charge is 2.23. The van der Waals surface area contributed by atoms with Crippen molar-refractivity contribution in [2.75, 3.05) is 17.4 Å². The van der Waals surface area contributed by atoms with Gasteiger partial charge in [0.25, 0.3) is 5.95 Å². The highest BCUT2D eigenvalue weighted by atomic mass is 16.7. The van der Waals surface area contributed by atoms with Crippen molar-refractivity contribution in [1.29, 1.82) is 0 Å². The number of hydrogen-bond acceptors (Lipinski definition) is 7. The van der Waals surface area contributed by atoms with Gasteiger partial charge >= 0.3 is 0 Å². The standard InChI is InChI=1S/C20H20N6O3/c21-18(27)16-8-6-15(7-9-16)11-26-19(22)23-20(24-26)25(17-12-28-13-29-17)10-14-4-2-1-3-5-14/h1-9,12H,10-11,13H2,(H2,21,27)(H2,22,23,24). The fourth-order valence-electron chi connectivity index (χ4n) is 2.91. The third-order valence-corrected chi connectivity index (χ3v) is 4.41. The number of aromatic nitrogens is 3. The number of nitrogen functional groups attached to an aromatic ring is 1. The number of nitrogens with two attached hydrogens (primary N) is 2. The molecule has 0 saturated heterocycles. The van der Waals surface area contributed by atoms with Gasteiger partial charge in [-0.25, -0.2) is 4.68 Å². The van der Waals surface area contributed by atoms with Crippen LogP contribution in [0.2, 0.25) is 0 Å². The van der Waals surface area contributed by atoms with E-state index in [0.717, 1.165) is 11.1 Å². The molecule has 3 aromatic rings. The van der Waals surface area contributed by atoms with E-state index in [-0.39, 0.29) is 12.7 Å². The molecule has 4 rings (SSSR count). The first-order chi connectivity index (χ1) is 14.1. The van der Waals surface area contributed by atoms with Crippen LogP contribution in [0.4, 0.5) is 11.9 Å². The molecule has 0 radical (unpaired) electrons. The number of primary amides is 1. The number of hydrogen-bond donors (Lipinski definition) is 2. The van der Waals surface area contributed by atoms with Crippen LogP contribution in [0.15, 0.2) is 66.7 Å². The van der Waals surface area contributed by atoms with E-state index in [9.17, 15) is 4.79 Å². The zero-order valence-electron chi connectivity index (χ0n) is 15.6. The number of nitrogens with zero attached hydrogens (tertiary/aromatic N) is 4. The number of rotatable bonds is 7. The Hall–Kier alpha value is -4.01. The van der Waals surface area contributed by atoms with Gasteiger partial charge < -0.3 is 20.9 Å². The largest absolute Gasteiger partial charge is 0.459 e. The molecule has 4 N–H and O–H groups in total. The summed E-state index contributed by atoms with van der Waals surface area (Å²) in [5.41, 5.74) is 13.8. The minimum absolute atomic E-state index is 0.142. The second kappa shape index (κ2) is 7.93. The fourth-order valence-corrected chi connectivity index (χ4v) is 2.91. The minimum Gasteiger partial charge on any atom is -0.459 e. The maximum Gasteiger partial charge on any atom is 0.253 e. The Labute approximate surface area is 167 Å². The molecule has 29 heavy (non-hydrogen) atoms. The van der Waals surface area contributed by atoms with Crippen LogP contribution in [0, 0.1) is 0 Å². The van der Waals surface area contributed by atoms with Crippen molar-refractivity contribution in [2.24, 2.45) is 5.73 Å². The summed E-state index contributed by atoms with van der Waals surface area (Å²) in [5, 5.41) is 4.54. The Kier molecular flexibility index (Phi) is 5.02. The van der Waals surface area contributed by atoms with Gasteiger partial charge in [-0.1, -0.05) is 42.5 Å². The quantitative estimate of drug-likeness (QED) is 0.629. The van der Waals surface area contributed by atoms with Gasteiger partial charge in [0, 0.05) is 5.56 Å². The third-order valence-electron chi connectivity index (χ3n) is 4.41. The van der Waals surface area contributed by atoms with E-state index in [1.165, 1.54) is 6.26 Å². The van der Waals surface area contributed by atoms with E-state index in [4.69, 9.17) is 20.9 Å². The van der Waals surface area contributed by atoms with E-state index >= 15 is 0 Å². The van der Waals surface area contributed by atoms with E-state index < -0.39 is 5.91 Å². The molecular formula is C20H20N6O3. The molecule has 0 unspecified atom stereocenters. The number of carbonyl (C=O) groups is 1. The van der Waals surface area contributed by atoms with Crippen LogP contribution in [0.3, 0.4) is 0 Å². The zero-order valence-corrected chi connectivity index (χ0v) is 15.6. The van der Waals surface area contributed by atoms with Gasteiger partial charge in [-0.2, -0.15) is 4.98 Å². The highest BCUT2D eigenvalue weighted by Crippen LogP contribution is 2.23. The van der Waals surface area contributed by atoms with Crippen molar-refractivity contribution in [3.8, 4) is 0 Å². The molecule has 0 bridgehead atoms. The van der Waals surface area contributed by atoms with Crippen molar-refractivity contribution < 1.29 is 14.3 Å². The lowest BCUT2D eigenvalue weighted by Crippen LogP contribution is -2.23. The number of anilines is 2. The topological polar surface area (TPSA) is 122 Å². The Morgan fingerprint density at radius 1 is 1.10 bits per heavy atom. The predicted molar refractivity (Wildman–Crippen MR) is 106 cm³/mol. The van der Waals surface area contributed by atoms with Crippen molar-refractivity contribution in [3.63, 3.8) is 0 Å². The van der Waals surface area contributed by atoms with E-state index in [2.05, 4.69) is 10.1 Å². The zero-order chi connectivity index (χ0) is 20.2. The van der Waals surface area contributed by atoms with Gasteiger partial charge in [0.1, 0.15) is 6.26 Å². The molecule has 1 aliphatic heterocycles. The fraction of sp³-hybridized carbons (Fsp3) is 0.150. The van der Waals surface area contributed by atoms with Crippen LogP contribution in [0.5, 0.6) is 0 Å². The number of ether oxygens (including phenoxy) is 2. The average Bonchev–Trinajstić information content (AvgIpc) is 3.38. The summed E-state index contributed by atoms with van der Waals surface area (Å²) < 4.78 is 12.3. The molecule has 0 spiro atoms. The molecule has 148 valence electrons. The molecule has 2 heterocycles. The summed E-state index contributed by atoms with van der Waals surface area (Å²) >= 11 is 0. The molecule has 0 saturated carbocycles. The molecule has 9 heteroatoms. The van der Waals surface area contributed by atoms with Gasteiger partial charge in [-0.05, 0) is 23.3 Å². The predicted octanol–water partition coefficient (Wildman–Crippen LogP) is 1.82. The average molecular weight is 392 g/mol. The second-order valence-electron chi connectivity index (χ2n) is 6.45. The first-order valence-electron chi connectivity index (χ1n) is 8.95. The Morgan fingerprint density at radius 3 is 2.52 bits per heavy atom. The molecule has 1 amide bonds. The SMILES string of the molecule is NC(=O)c1ccc(Cn2nc(N(Cc3ccccc3)C3=COCO3)nc2N)cc1. The Morgan fingerprint density at radius 2 is 1.86 bits per heavy atom. The first-order valence-corrected chi connectivity index (χ1v) is 8.95. The smallest absolute Gasteiger partial charge is 0.253 e. The second-order valence-corrected chi connectivity index (χ2v) is 6.45. The minimum atomic E-state index is -0.470. The van der Waals surface area contributed by atoms with Crippen LogP contribution in [-0.4, -0.2) is 27.5 Å². The van der Waals surface area contributed by atoms with Gasteiger partial charge in [0.2, 0.25) is 24.5 Å². The maximum absolute atomic E-state index is 11.2. The number of benzene rings is 2. The normalized spacial score (nSPS) is 12.8. The number of amides is 1. The molecular weight excluding hydrogens is 372 g/mol. The maximum atomic E-state index is 11.2.